The van der Waals surface area contributed by atoms with Crippen LogP contribution in [0.25, 0.3) is 0 Å². The second-order valence-electron chi connectivity index (χ2n) is 4.77. The number of anilines is 1. The van der Waals surface area contributed by atoms with Gasteiger partial charge in [0.2, 0.25) is 5.91 Å². The predicted molar refractivity (Wildman–Crippen MR) is 69.7 cm³/mol. The molecular weight excluding hydrogens is 230 g/mol. The van der Waals surface area contributed by atoms with Gasteiger partial charge in [0, 0.05) is 12.7 Å². The standard InChI is InChI=1S/C13H17N3O2/c1-9-3-5-10(6-4-9)16(2)12(17)13(7-8-13)11(14)15-18/h3-6,18H,7-8H2,1-2H3,(H2,14,15). The first-order chi connectivity index (χ1) is 8.51. The van der Waals surface area contributed by atoms with Crippen molar-refractivity contribution in [2.45, 2.75) is 19.8 Å². The molecule has 0 aliphatic heterocycles. The number of carbonyl (C=O) groups is 1. The van der Waals surface area contributed by atoms with Crippen LogP contribution in [0, 0.1) is 12.3 Å². The molecule has 1 aliphatic rings. The van der Waals surface area contributed by atoms with Gasteiger partial charge in [-0.15, -0.1) is 0 Å². The molecule has 5 nitrogen and oxygen atoms in total. The lowest BCUT2D eigenvalue weighted by molar-refractivity contribution is -0.121. The number of aryl methyl sites for hydroxylation is 1. The third-order valence-corrected chi connectivity index (χ3v) is 3.48. The van der Waals surface area contributed by atoms with Crippen LogP contribution in [-0.4, -0.2) is 24.0 Å². The second kappa shape index (κ2) is 4.33. The zero-order valence-electron chi connectivity index (χ0n) is 10.6. The number of carbonyl (C=O) groups excluding carboxylic acids is 1. The van der Waals surface area contributed by atoms with Crippen molar-refractivity contribution < 1.29 is 10.0 Å². The van der Waals surface area contributed by atoms with Crippen LogP contribution in [-0.2, 0) is 4.79 Å². The van der Waals surface area contributed by atoms with Crippen LogP contribution >= 0.6 is 0 Å². The van der Waals surface area contributed by atoms with Gasteiger partial charge in [0.15, 0.2) is 5.84 Å². The predicted octanol–water partition coefficient (Wildman–Crippen LogP) is 1.48. The maximum absolute atomic E-state index is 12.4. The van der Waals surface area contributed by atoms with Gasteiger partial charge in [0.25, 0.3) is 0 Å². The van der Waals surface area contributed by atoms with Gasteiger partial charge in [-0.3, -0.25) is 4.79 Å². The molecule has 1 aromatic rings. The van der Waals surface area contributed by atoms with E-state index in [-0.39, 0.29) is 11.7 Å². The Morgan fingerprint density at radius 2 is 1.94 bits per heavy atom. The van der Waals surface area contributed by atoms with E-state index in [0.717, 1.165) is 11.3 Å². The fourth-order valence-corrected chi connectivity index (χ4v) is 2.01. The molecule has 0 spiro atoms. The van der Waals surface area contributed by atoms with Crippen molar-refractivity contribution in [3.63, 3.8) is 0 Å². The number of hydrogen-bond donors (Lipinski definition) is 2. The van der Waals surface area contributed by atoms with Crippen LogP contribution in [0.15, 0.2) is 29.4 Å². The fourth-order valence-electron chi connectivity index (χ4n) is 2.01. The van der Waals surface area contributed by atoms with Gasteiger partial charge in [-0.25, -0.2) is 0 Å². The van der Waals surface area contributed by atoms with Crippen LogP contribution in [0.4, 0.5) is 5.69 Å². The summed E-state index contributed by atoms with van der Waals surface area (Å²) in [7, 11) is 1.71. The number of oxime groups is 1. The molecule has 3 N–H and O–H groups in total. The van der Waals surface area contributed by atoms with Gasteiger partial charge in [-0.05, 0) is 31.9 Å². The van der Waals surface area contributed by atoms with Crippen LogP contribution in [0.1, 0.15) is 18.4 Å². The van der Waals surface area contributed by atoms with Crippen molar-refractivity contribution in [1.29, 1.82) is 0 Å². The molecule has 18 heavy (non-hydrogen) atoms. The van der Waals surface area contributed by atoms with Gasteiger partial charge in [-0.1, -0.05) is 22.9 Å². The highest BCUT2D eigenvalue weighted by Crippen LogP contribution is 2.47. The SMILES string of the molecule is Cc1ccc(N(C)C(=O)C2(/C(N)=N/O)CC2)cc1. The summed E-state index contributed by atoms with van der Waals surface area (Å²) in [5.41, 5.74) is 6.75. The zero-order valence-corrected chi connectivity index (χ0v) is 10.6. The Hall–Kier alpha value is -2.04. The molecule has 2 rings (SSSR count). The normalized spacial score (nSPS) is 17.3. The van der Waals surface area contributed by atoms with Gasteiger partial charge in [0.1, 0.15) is 5.41 Å². The monoisotopic (exact) mass is 247 g/mol. The number of nitrogens with two attached hydrogens (primary N) is 1. The average Bonchev–Trinajstić information content (AvgIpc) is 3.18. The van der Waals surface area contributed by atoms with E-state index < -0.39 is 5.41 Å². The maximum atomic E-state index is 12.4. The molecule has 0 aromatic heterocycles. The van der Waals surface area contributed by atoms with Crippen LogP contribution in [0.5, 0.6) is 0 Å². The minimum atomic E-state index is -0.797. The van der Waals surface area contributed by atoms with E-state index in [1.54, 1.807) is 11.9 Å². The maximum Gasteiger partial charge on any atom is 0.240 e. The Morgan fingerprint density at radius 3 is 2.39 bits per heavy atom. The Morgan fingerprint density at radius 1 is 1.39 bits per heavy atom. The van der Waals surface area contributed by atoms with Gasteiger partial charge >= 0.3 is 0 Å². The summed E-state index contributed by atoms with van der Waals surface area (Å²) in [6, 6.07) is 7.66. The van der Waals surface area contributed by atoms with Crippen LogP contribution in [0.3, 0.4) is 0 Å². The smallest absolute Gasteiger partial charge is 0.240 e. The molecule has 1 amide bonds. The highest BCUT2D eigenvalue weighted by Gasteiger charge is 2.55. The average molecular weight is 247 g/mol. The first kappa shape index (κ1) is 12.4. The molecule has 0 atom stereocenters. The van der Waals surface area contributed by atoms with Crippen molar-refractivity contribution in [1.82, 2.24) is 0 Å². The van der Waals surface area contributed by atoms with Gasteiger partial charge in [0.05, 0.1) is 0 Å². The van der Waals surface area contributed by atoms with Crippen LogP contribution in [0.2, 0.25) is 0 Å². The van der Waals surface area contributed by atoms with Crippen molar-refractivity contribution in [2.24, 2.45) is 16.3 Å². The number of rotatable bonds is 3. The Kier molecular flexibility index (Phi) is 2.98. The Bertz CT molecular complexity index is 489. The fraction of sp³-hybridized carbons (Fsp3) is 0.385. The molecule has 1 aliphatic carbocycles. The van der Waals surface area contributed by atoms with Crippen molar-refractivity contribution in [2.75, 3.05) is 11.9 Å². The molecule has 96 valence electrons. The summed E-state index contributed by atoms with van der Waals surface area (Å²) in [6.45, 7) is 1.99. The van der Waals surface area contributed by atoms with E-state index >= 15 is 0 Å². The zero-order chi connectivity index (χ0) is 13.3. The molecule has 1 fully saturated rings. The Balaban J connectivity index is 2.22. The summed E-state index contributed by atoms with van der Waals surface area (Å²) < 4.78 is 0. The largest absolute Gasteiger partial charge is 0.409 e. The lowest BCUT2D eigenvalue weighted by atomic mass is 10.0. The summed E-state index contributed by atoms with van der Waals surface area (Å²) in [6.07, 6.45) is 1.27. The minimum absolute atomic E-state index is 0.00598. The lowest BCUT2D eigenvalue weighted by Crippen LogP contribution is -2.41. The first-order valence-electron chi connectivity index (χ1n) is 5.84. The quantitative estimate of drug-likeness (QED) is 0.367. The number of amidine groups is 1. The summed E-state index contributed by atoms with van der Waals surface area (Å²) in [5, 5.41) is 11.7. The second-order valence-corrected chi connectivity index (χ2v) is 4.77. The van der Waals surface area contributed by atoms with Crippen molar-refractivity contribution >= 4 is 17.4 Å². The highest BCUT2D eigenvalue weighted by atomic mass is 16.4. The summed E-state index contributed by atoms with van der Waals surface area (Å²) in [5.74, 6) is -0.117. The molecule has 0 bridgehead atoms. The van der Waals surface area contributed by atoms with E-state index in [4.69, 9.17) is 10.9 Å². The third-order valence-electron chi connectivity index (χ3n) is 3.48. The molecule has 0 radical (unpaired) electrons. The molecule has 0 heterocycles. The number of benzene rings is 1. The molecule has 1 saturated carbocycles. The molecule has 1 aromatic carbocycles. The van der Waals surface area contributed by atoms with Crippen LogP contribution < -0.4 is 10.6 Å². The molecule has 0 unspecified atom stereocenters. The van der Waals surface area contributed by atoms with Gasteiger partial charge in [-0.2, -0.15) is 0 Å². The first-order valence-corrected chi connectivity index (χ1v) is 5.84. The summed E-state index contributed by atoms with van der Waals surface area (Å²) in [4.78, 5) is 13.9. The molecule has 5 heteroatoms. The van der Waals surface area contributed by atoms with Crippen molar-refractivity contribution in [3.8, 4) is 0 Å². The highest BCUT2D eigenvalue weighted by molar-refractivity contribution is 6.15. The molecule has 0 saturated heterocycles. The van der Waals surface area contributed by atoms with E-state index in [9.17, 15) is 4.79 Å². The van der Waals surface area contributed by atoms with Gasteiger partial charge < -0.3 is 15.8 Å². The number of hydrogen-bond acceptors (Lipinski definition) is 3. The van der Waals surface area contributed by atoms with Crippen molar-refractivity contribution in [3.05, 3.63) is 29.8 Å². The Labute approximate surface area is 106 Å². The topological polar surface area (TPSA) is 78.9 Å². The number of amides is 1. The van der Waals surface area contributed by atoms with E-state index in [1.165, 1.54) is 0 Å². The summed E-state index contributed by atoms with van der Waals surface area (Å²) >= 11 is 0. The molecular formula is C13H17N3O2. The minimum Gasteiger partial charge on any atom is -0.409 e. The third kappa shape index (κ3) is 1.92. The lowest BCUT2D eigenvalue weighted by Gasteiger charge is -2.22. The van der Waals surface area contributed by atoms with E-state index in [2.05, 4.69) is 5.16 Å². The van der Waals surface area contributed by atoms with E-state index in [1.807, 2.05) is 31.2 Å². The number of nitrogens with zero attached hydrogens (tertiary/aromatic N) is 2. The van der Waals surface area contributed by atoms with E-state index in [0.29, 0.717) is 12.8 Å².